The average molecular weight is 462 g/mol. The standard InChI is InChI=1S/C22H31N5O4S/c1-16(13-23-21-24-14-20(17(2)26-21)32(3,29)30)25-22(28)31-19-9-11-27(12-10-19)15-18-7-5-4-6-8-18/h4-8,14,16,19H,9-13,15H2,1-3H3,(H,25,28)(H,23,24,26)/t16-/m1/s1. The van der Waals surface area contributed by atoms with Crippen LogP contribution in [0, 0.1) is 6.92 Å². The smallest absolute Gasteiger partial charge is 0.407 e. The van der Waals surface area contributed by atoms with Gasteiger partial charge in [0, 0.05) is 38.5 Å². The molecule has 1 amide bonds. The fourth-order valence-corrected chi connectivity index (χ4v) is 4.44. The third-order valence-corrected chi connectivity index (χ3v) is 6.52. The maximum atomic E-state index is 12.2. The van der Waals surface area contributed by atoms with Crippen LogP contribution in [0.15, 0.2) is 41.4 Å². The van der Waals surface area contributed by atoms with Crippen LogP contribution in [0.25, 0.3) is 0 Å². The fourth-order valence-electron chi connectivity index (χ4n) is 3.61. The Bertz CT molecular complexity index is 1010. The second-order valence-electron chi connectivity index (χ2n) is 8.21. The number of amides is 1. The largest absolute Gasteiger partial charge is 0.446 e. The van der Waals surface area contributed by atoms with Gasteiger partial charge < -0.3 is 15.4 Å². The zero-order valence-electron chi connectivity index (χ0n) is 18.7. The van der Waals surface area contributed by atoms with Crippen LogP contribution in [0.4, 0.5) is 10.7 Å². The normalized spacial score (nSPS) is 16.3. The minimum absolute atomic E-state index is 0.0864. The van der Waals surface area contributed by atoms with Gasteiger partial charge in [0.05, 0.1) is 11.9 Å². The number of alkyl carbamates (subject to hydrolysis) is 1. The van der Waals surface area contributed by atoms with Crippen molar-refractivity contribution in [3.05, 3.63) is 47.8 Å². The highest BCUT2D eigenvalue weighted by Gasteiger charge is 2.23. The molecule has 1 fully saturated rings. The Morgan fingerprint density at radius 2 is 1.94 bits per heavy atom. The van der Waals surface area contributed by atoms with Crippen LogP contribution in [-0.4, -0.2) is 67.4 Å². The average Bonchev–Trinajstić information content (AvgIpc) is 2.73. The van der Waals surface area contributed by atoms with Crippen molar-refractivity contribution in [3.63, 3.8) is 0 Å². The summed E-state index contributed by atoms with van der Waals surface area (Å²) in [5.74, 6) is 0.308. The van der Waals surface area contributed by atoms with E-state index in [0.29, 0.717) is 18.2 Å². The van der Waals surface area contributed by atoms with Gasteiger partial charge in [0.1, 0.15) is 11.0 Å². The van der Waals surface area contributed by atoms with E-state index in [0.717, 1.165) is 38.7 Å². The SMILES string of the molecule is Cc1nc(NC[C@@H](C)NC(=O)OC2CCN(Cc3ccccc3)CC2)ncc1S(C)(=O)=O. The molecule has 174 valence electrons. The van der Waals surface area contributed by atoms with Crippen LogP contribution in [0.1, 0.15) is 31.0 Å². The van der Waals surface area contributed by atoms with E-state index < -0.39 is 15.9 Å². The third kappa shape index (κ3) is 7.16. The van der Waals surface area contributed by atoms with Gasteiger partial charge in [-0.15, -0.1) is 0 Å². The lowest BCUT2D eigenvalue weighted by atomic mass is 10.1. The van der Waals surface area contributed by atoms with E-state index in [1.54, 1.807) is 6.92 Å². The molecule has 2 aromatic rings. The summed E-state index contributed by atoms with van der Waals surface area (Å²) < 4.78 is 28.9. The number of hydrogen-bond donors (Lipinski definition) is 2. The van der Waals surface area contributed by atoms with Crippen LogP contribution in [-0.2, 0) is 21.1 Å². The number of nitrogens with zero attached hydrogens (tertiary/aromatic N) is 3. The van der Waals surface area contributed by atoms with E-state index in [4.69, 9.17) is 4.74 Å². The third-order valence-electron chi connectivity index (χ3n) is 5.32. The van der Waals surface area contributed by atoms with Crippen LogP contribution in [0.3, 0.4) is 0 Å². The summed E-state index contributed by atoms with van der Waals surface area (Å²) in [6.45, 7) is 6.54. The maximum Gasteiger partial charge on any atom is 0.407 e. The highest BCUT2D eigenvalue weighted by Crippen LogP contribution is 2.17. The lowest BCUT2D eigenvalue weighted by Crippen LogP contribution is -2.42. The lowest BCUT2D eigenvalue weighted by Gasteiger charge is -2.31. The Kier molecular flexibility index (Phi) is 8.03. The molecule has 3 rings (SSSR count). The number of carbonyl (C=O) groups excluding carboxylic acids is 1. The molecule has 2 N–H and O–H groups in total. The zero-order chi connectivity index (χ0) is 23.1. The van der Waals surface area contributed by atoms with Gasteiger partial charge in [-0.25, -0.2) is 23.2 Å². The predicted octanol–water partition coefficient (Wildman–Crippen LogP) is 2.38. The van der Waals surface area contributed by atoms with Crippen molar-refractivity contribution in [2.24, 2.45) is 0 Å². The molecule has 0 spiro atoms. The van der Waals surface area contributed by atoms with Crippen LogP contribution in [0.2, 0.25) is 0 Å². The molecule has 32 heavy (non-hydrogen) atoms. The number of likely N-dealkylation sites (tertiary alicyclic amines) is 1. The van der Waals surface area contributed by atoms with E-state index in [1.807, 2.05) is 25.1 Å². The van der Waals surface area contributed by atoms with Gasteiger partial charge in [-0.2, -0.15) is 0 Å². The minimum atomic E-state index is -3.36. The van der Waals surface area contributed by atoms with Crippen molar-refractivity contribution in [3.8, 4) is 0 Å². The molecular formula is C22H31N5O4S. The van der Waals surface area contributed by atoms with Crippen molar-refractivity contribution in [1.29, 1.82) is 0 Å². The molecule has 0 unspecified atom stereocenters. The van der Waals surface area contributed by atoms with E-state index in [9.17, 15) is 13.2 Å². The molecule has 1 aromatic carbocycles. The van der Waals surface area contributed by atoms with Crippen molar-refractivity contribution in [1.82, 2.24) is 20.2 Å². The fraction of sp³-hybridized carbons (Fsp3) is 0.500. The van der Waals surface area contributed by atoms with Gasteiger partial charge in [-0.3, -0.25) is 4.90 Å². The first kappa shape index (κ1) is 23.9. The number of benzene rings is 1. The highest BCUT2D eigenvalue weighted by molar-refractivity contribution is 7.90. The highest BCUT2D eigenvalue weighted by atomic mass is 32.2. The molecule has 0 bridgehead atoms. The number of ether oxygens (including phenoxy) is 1. The van der Waals surface area contributed by atoms with Gasteiger partial charge >= 0.3 is 6.09 Å². The van der Waals surface area contributed by atoms with Crippen LogP contribution in [0.5, 0.6) is 0 Å². The molecule has 1 saturated heterocycles. The van der Waals surface area contributed by atoms with E-state index >= 15 is 0 Å². The second kappa shape index (κ2) is 10.7. The summed E-state index contributed by atoms with van der Waals surface area (Å²) in [7, 11) is -3.36. The molecule has 1 aliphatic rings. The van der Waals surface area contributed by atoms with Crippen LogP contribution < -0.4 is 10.6 Å². The van der Waals surface area contributed by atoms with Crippen LogP contribution >= 0.6 is 0 Å². The topological polar surface area (TPSA) is 114 Å². The Morgan fingerprint density at radius 3 is 2.56 bits per heavy atom. The first-order valence-corrected chi connectivity index (χ1v) is 12.6. The summed E-state index contributed by atoms with van der Waals surface area (Å²) in [6, 6.07) is 10.1. The van der Waals surface area contributed by atoms with Crippen molar-refractivity contribution >= 4 is 21.9 Å². The molecule has 2 heterocycles. The summed E-state index contributed by atoms with van der Waals surface area (Å²) >= 11 is 0. The molecule has 9 nitrogen and oxygen atoms in total. The maximum absolute atomic E-state index is 12.2. The number of anilines is 1. The summed E-state index contributed by atoms with van der Waals surface area (Å²) in [5.41, 5.74) is 1.67. The monoisotopic (exact) mass is 461 g/mol. The van der Waals surface area contributed by atoms with E-state index in [-0.39, 0.29) is 17.0 Å². The first-order valence-electron chi connectivity index (χ1n) is 10.7. The van der Waals surface area contributed by atoms with Crippen molar-refractivity contribution in [2.45, 2.75) is 50.3 Å². The molecule has 10 heteroatoms. The number of aryl methyl sites for hydroxylation is 1. The number of sulfone groups is 1. The summed E-state index contributed by atoms with van der Waals surface area (Å²) in [4.78, 5) is 22.9. The summed E-state index contributed by atoms with van der Waals surface area (Å²) in [5, 5.41) is 5.82. The predicted molar refractivity (Wildman–Crippen MR) is 122 cm³/mol. The van der Waals surface area contributed by atoms with E-state index in [2.05, 4.69) is 37.6 Å². The summed E-state index contributed by atoms with van der Waals surface area (Å²) in [6.07, 6.45) is 3.51. The van der Waals surface area contributed by atoms with Crippen molar-refractivity contribution < 1.29 is 17.9 Å². The molecule has 0 aliphatic carbocycles. The number of carbonyl (C=O) groups is 1. The number of hydrogen-bond acceptors (Lipinski definition) is 8. The minimum Gasteiger partial charge on any atom is -0.446 e. The Labute approximate surface area is 189 Å². The van der Waals surface area contributed by atoms with Gasteiger partial charge in [-0.1, -0.05) is 30.3 Å². The number of aromatic nitrogens is 2. The number of nitrogens with one attached hydrogen (secondary N) is 2. The zero-order valence-corrected chi connectivity index (χ0v) is 19.6. The van der Waals surface area contributed by atoms with Gasteiger partial charge in [0.25, 0.3) is 0 Å². The first-order chi connectivity index (χ1) is 15.2. The van der Waals surface area contributed by atoms with Gasteiger partial charge in [-0.05, 0) is 32.3 Å². The van der Waals surface area contributed by atoms with Crippen molar-refractivity contribution in [2.75, 3.05) is 31.2 Å². The number of rotatable bonds is 8. The lowest BCUT2D eigenvalue weighted by molar-refractivity contribution is 0.0475. The molecule has 1 aliphatic heterocycles. The Hall–Kier alpha value is -2.72. The van der Waals surface area contributed by atoms with E-state index in [1.165, 1.54) is 11.8 Å². The Morgan fingerprint density at radius 1 is 1.25 bits per heavy atom. The number of piperidine rings is 1. The van der Waals surface area contributed by atoms with Gasteiger partial charge in [0.2, 0.25) is 5.95 Å². The molecule has 0 radical (unpaired) electrons. The molecular weight excluding hydrogens is 430 g/mol. The molecule has 1 atom stereocenters. The Balaban J connectivity index is 1.37. The molecule has 1 aromatic heterocycles. The second-order valence-corrected chi connectivity index (χ2v) is 10.2. The molecule has 0 saturated carbocycles. The quantitative estimate of drug-likeness (QED) is 0.616. The van der Waals surface area contributed by atoms with Gasteiger partial charge in [0.15, 0.2) is 9.84 Å².